The predicted octanol–water partition coefficient (Wildman–Crippen LogP) is 2.29. The SMILES string of the molecule is CN(C)c1cccc(-c2csc(NC(=O)CC(=O)O)n2)c1. The van der Waals surface area contributed by atoms with E-state index in [1.165, 1.54) is 11.3 Å². The minimum Gasteiger partial charge on any atom is -0.481 e. The number of nitrogens with zero attached hydrogens (tertiary/aromatic N) is 2. The number of carboxylic acids is 1. The van der Waals surface area contributed by atoms with Gasteiger partial charge in [0.2, 0.25) is 5.91 Å². The number of aromatic nitrogens is 1. The predicted molar refractivity (Wildman–Crippen MR) is 82.8 cm³/mol. The summed E-state index contributed by atoms with van der Waals surface area (Å²) in [5.41, 5.74) is 2.74. The van der Waals surface area contributed by atoms with Crippen LogP contribution in [0.3, 0.4) is 0 Å². The molecule has 2 aromatic rings. The Labute approximate surface area is 126 Å². The van der Waals surface area contributed by atoms with Gasteiger partial charge in [0.1, 0.15) is 6.42 Å². The molecule has 0 atom stereocenters. The largest absolute Gasteiger partial charge is 0.481 e. The number of hydrogen-bond donors (Lipinski definition) is 2. The number of anilines is 2. The minimum absolute atomic E-state index is 0.395. The number of nitrogens with one attached hydrogen (secondary N) is 1. The molecule has 2 N–H and O–H groups in total. The number of benzene rings is 1. The molecular formula is C14H15N3O3S. The number of carboxylic acid groups (broad SMARTS) is 1. The molecule has 7 heteroatoms. The Morgan fingerprint density at radius 2 is 2.14 bits per heavy atom. The highest BCUT2D eigenvalue weighted by Crippen LogP contribution is 2.27. The van der Waals surface area contributed by atoms with E-state index in [0.29, 0.717) is 5.13 Å². The maximum Gasteiger partial charge on any atom is 0.312 e. The molecule has 21 heavy (non-hydrogen) atoms. The second kappa shape index (κ2) is 6.36. The summed E-state index contributed by atoms with van der Waals surface area (Å²) in [4.78, 5) is 28.1. The topological polar surface area (TPSA) is 82.5 Å². The summed E-state index contributed by atoms with van der Waals surface area (Å²) in [5, 5.41) is 13.2. The highest BCUT2D eigenvalue weighted by Gasteiger charge is 2.11. The van der Waals surface area contributed by atoms with E-state index < -0.39 is 18.3 Å². The van der Waals surface area contributed by atoms with Crippen molar-refractivity contribution in [2.24, 2.45) is 0 Å². The molecule has 0 aliphatic heterocycles. The van der Waals surface area contributed by atoms with Crippen molar-refractivity contribution < 1.29 is 14.7 Å². The van der Waals surface area contributed by atoms with E-state index in [1.807, 2.05) is 48.6 Å². The second-order valence-electron chi connectivity index (χ2n) is 4.60. The van der Waals surface area contributed by atoms with Crippen LogP contribution in [0.1, 0.15) is 6.42 Å². The third-order valence-electron chi connectivity index (χ3n) is 2.72. The number of amides is 1. The molecule has 0 fully saturated rings. The molecular weight excluding hydrogens is 290 g/mol. The van der Waals surface area contributed by atoms with Crippen LogP contribution in [-0.4, -0.2) is 36.1 Å². The number of carbonyl (C=O) groups excluding carboxylic acids is 1. The van der Waals surface area contributed by atoms with Crippen molar-refractivity contribution in [3.05, 3.63) is 29.6 Å². The van der Waals surface area contributed by atoms with Gasteiger partial charge in [0.25, 0.3) is 0 Å². The summed E-state index contributed by atoms with van der Waals surface area (Å²) in [6.45, 7) is 0. The lowest BCUT2D eigenvalue weighted by molar-refractivity contribution is -0.139. The molecule has 0 unspecified atom stereocenters. The smallest absolute Gasteiger partial charge is 0.312 e. The second-order valence-corrected chi connectivity index (χ2v) is 5.46. The fourth-order valence-electron chi connectivity index (χ4n) is 1.71. The molecule has 0 spiro atoms. The Kier molecular flexibility index (Phi) is 4.54. The van der Waals surface area contributed by atoms with Crippen molar-refractivity contribution in [3.63, 3.8) is 0 Å². The molecule has 1 amide bonds. The first-order valence-corrected chi connectivity index (χ1v) is 7.08. The molecule has 2 rings (SSSR count). The summed E-state index contributed by atoms with van der Waals surface area (Å²) in [5.74, 6) is -1.74. The quantitative estimate of drug-likeness (QED) is 0.828. The van der Waals surface area contributed by atoms with E-state index in [4.69, 9.17) is 5.11 Å². The lowest BCUT2D eigenvalue weighted by atomic mass is 10.1. The van der Waals surface area contributed by atoms with E-state index in [2.05, 4.69) is 10.3 Å². The van der Waals surface area contributed by atoms with Gasteiger partial charge < -0.3 is 15.3 Å². The van der Waals surface area contributed by atoms with Gasteiger partial charge >= 0.3 is 5.97 Å². The number of aliphatic carboxylic acids is 1. The first-order valence-electron chi connectivity index (χ1n) is 6.20. The molecule has 1 aromatic heterocycles. The van der Waals surface area contributed by atoms with Crippen molar-refractivity contribution in [3.8, 4) is 11.3 Å². The average molecular weight is 305 g/mol. The summed E-state index contributed by atoms with van der Waals surface area (Å²) >= 11 is 1.26. The van der Waals surface area contributed by atoms with Gasteiger partial charge in [-0.15, -0.1) is 11.3 Å². The zero-order valence-electron chi connectivity index (χ0n) is 11.7. The minimum atomic E-state index is -1.16. The summed E-state index contributed by atoms with van der Waals surface area (Å²) in [6, 6.07) is 7.86. The zero-order chi connectivity index (χ0) is 15.4. The van der Waals surface area contributed by atoms with Crippen LogP contribution >= 0.6 is 11.3 Å². The maximum atomic E-state index is 11.4. The van der Waals surface area contributed by atoms with Crippen LogP contribution in [0.15, 0.2) is 29.6 Å². The van der Waals surface area contributed by atoms with Crippen LogP contribution in [-0.2, 0) is 9.59 Å². The maximum absolute atomic E-state index is 11.4. The van der Waals surface area contributed by atoms with Crippen molar-refractivity contribution in [2.45, 2.75) is 6.42 Å². The molecule has 0 aliphatic rings. The van der Waals surface area contributed by atoms with E-state index in [0.717, 1.165) is 16.9 Å². The van der Waals surface area contributed by atoms with Gasteiger partial charge in [-0.05, 0) is 12.1 Å². The summed E-state index contributed by atoms with van der Waals surface area (Å²) < 4.78 is 0. The molecule has 0 aliphatic carbocycles. The lowest BCUT2D eigenvalue weighted by Crippen LogP contribution is -2.15. The molecule has 1 heterocycles. The molecule has 6 nitrogen and oxygen atoms in total. The van der Waals surface area contributed by atoms with Gasteiger partial charge in [-0.3, -0.25) is 9.59 Å². The van der Waals surface area contributed by atoms with Gasteiger partial charge in [-0.25, -0.2) is 4.98 Å². The third kappa shape index (κ3) is 4.03. The van der Waals surface area contributed by atoms with Gasteiger partial charge in [-0.2, -0.15) is 0 Å². The lowest BCUT2D eigenvalue weighted by Gasteiger charge is -2.12. The Balaban J connectivity index is 2.14. The Hall–Kier alpha value is -2.41. The highest BCUT2D eigenvalue weighted by atomic mass is 32.1. The fraction of sp³-hybridized carbons (Fsp3) is 0.214. The van der Waals surface area contributed by atoms with Gasteiger partial charge in [-0.1, -0.05) is 12.1 Å². The van der Waals surface area contributed by atoms with Crippen LogP contribution in [0, 0.1) is 0 Å². The molecule has 0 bridgehead atoms. The number of carbonyl (C=O) groups is 2. The summed E-state index contributed by atoms with van der Waals surface area (Å²) in [6.07, 6.45) is -0.564. The normalized spacial score (nSPS) is 10.2. The fourth-order valence-corrected chi connectivity index (χ4v) is 2.44. The number of rotatable bonds is 5. The van der Waals surface area contributed by atoms with Crippen LogP contribution in [0.4, 0.5) is 10.8 Å². The third-order valence-corrected chi connectivity index (χ3v) is 3.48. The van der Waals surface area contributed by atoms with Crippen LogP contribution in [0.25, 0.3) is 11.3 Å². The average Bonchev–Trinajstić information content (AvgIpc) is 2.86. The highest BCUT2D eigenvalue weighted by molar-refractivity contribution is 7.14. The van der Waals surface area contributed by atoms with Crippen LogP contribution < -0.4 is 10.2 Å². The van der Waals surface area contributed by atoms with E-state index >= 15 is 0 Å². The first-order chi connectivity index (χ1) is 9.95. The molecule has 0 saturated carbocycles. The van der Waals surface area contributed by atoms with Crippen molar-refractivity contribution in [2.75, 3.05) is 24.3 Å². The zero-order valence-corrected chi connectivity index (χ0v) is 12.5. The molecule has 0 radical (unpaired) electrons. The Morgan fingerprint density at radius 3 is 2.81 bits per heavy atom. The number of hydrogen-bond acceptors (Lipinski definition) is 5. The van der Waals surface area contributed by atoms with Crippen LogP contribution in [0.2, 0.25) is 0 Å². The molecule has 1 aromatic carbocycles. The standard InChI is InChI=1S/C14H15N3O3S/c1-17(2)10-5-3-4-9(6-10)11-8-21-14(15-11)16-12(18)7-13(19)20/h3-6,8H,7H2,1-2H3,(H,19,20)(H,15,16,18). The monoisotopic (exact) mass is 305 g/mol. The van der Waals surface area contributed by atoms with Gasteiger partial charge in [0.15, 0.2) is 5.13 Å². The Morgan fingerprint density at radius 1 is 1.38 bits per heavy atom. The number of thiazole rings is 1. The Bertz CT molecular complexity index is 667. The summed E-state index contributed by atoms with van der Waals surface area (Å²) in [7, 11) is 3.91. The van der Waals surface area contributed by atoms with E-state index in [9.17, 15) is 9.59 Å². The molecule has 110 valence electrons. The van der Waals surface area contributed by atoms with Crippen LogP contribution in [0.5, 0.6) is 0 Å². The first kappa shape index (κ1) is 15.0. The van der Waals surface area contributed by atoms with Crippen molar-refractivity contribution >= 4 is 34.0 Å². The van der Waals surface area contributed by atoms with E-state index in [1.54, 1.807) is 0 Å². The van der Waals surface area contributed by atoms with Crippen molar-refractivity contribution in [1.29, 1.82) is 0 Å². The molecule has 0 saturated heterocycles. The van der Waals surface area contributed by atoms with E-state index in [-0.39, 0.29) is 0 Å². The van der Waals surface area contributed by atoms with Crippen molar-refractivity contribution in [1.82, 2.24) is 4.98 Å². The van der Waals surface area contributed by atoms with Gasteiger partial charge in [0, 0.05) is 30.7 Å². The van der Waals surface area contributed by atoms with Gasteiger partial charge in [0.05, 0.1) is 5.69 Å².